The molecule has 4 heteroatoms. The summed E-state index contributed by atoms with van der Waals surface area (Å²) in [5, 5.41) is 13.6. The third-order valence-corrected chi connectivity index (χ3v) is 4.17. The molecule has 17 heavy (non-hydrogen) atoms. The van der Waals surface area contributed by atoms with Gasteiger partial charge in [-0.05, 0) is 25.5 Å². The summed E-state index contributed by atoms with van der Waals surface area (Å²) in [5.74, 6) is 0.422. The number of piperazine rings is 1. The van der Waals surface area contributed by atoms with E-state index in [0.29, 0.717) is 5.75 Å². The van der Waals surface area contributed by atoms with E-state index in [2.05, 4.69) is 33.1 Å². The predicted octanol–water partition coefficient (Wildman–Crippen LogP) is 2.43. The van der Waals surface area contributed by atoms with Gasteiger partial charge in [0.2, 0.25) is 0 Å². The highest BCUT2D eigenvalue weighted by Gasteiger charge is 2.23. The lowest BCUT2D eigenvalue weighted by atomic mass is 10.0. The van der Waals surface area contributed by atoms with Crippen molar-refractivity contribution in [3.8, 4) is 5.75 Å². The predicted molar refractivity (Wildman–Crippen MR) is 73.4 cm³/mol. The molecule has 1 atom stereocenters. The van der Waals surface area contributed by atoms with E-state index >= 15 is 0 Å². The van der Waals surface area contributed by atoms with Crippen molar-refractivity contribution in [1.82, 2.24) is 10.2 Å². The van der Waals surface area contributed by atoms with Gasteiger partial charge in [-0.3, -0.25) is 4.90 Å². The normalized spacial score (nSPS) is 19.2. The Bertz CT molecular complexity index is 403. The number of phenols is 1. The van der Waals surface area contributed by atoms with Crippen LogP contribution in [0.5, 0.6) is 5.75 Å². The number of phenolic OH excluding ortho intramolecular Hbond substituents is 1. The van der Waals surface area contributed by atoms with E-state index in [9.17, 15) is 5.11 Å². The first-order chi connectivity index (χ1) is 8.11. The fourth-order valence-corrected chi connectivity index (χ4v) is 2.99. The topological polar surface area (TPSA) is 35.5 Å². The maximum atomic E-state index is 10.2. The molecule has 2 rings (SSSR count). The molecule has 3 nitrogen and oxygen atoms in total. The fraction of sp³-hybridized carbons (Fsp3) is 0.538. The number of hydrogen-bond acceptors (Lipinski definition) is 3. The van der Waals surface area contributed by atoms with Crippen LogP contribution in [0.1, 0.15) is 24.1 Å². The van der Waals surface area contributed by atoms with Gasteiger partial charge in [-0.1, -0.05) is 22.0 Å². The molecular formula is C13H19BrN2O. The lowest BCUT2D eigenvalue weighted by molar-refractivity contribution is 0.182. The van der Waals surface area contributed by atoms with Crippen LogP contribution in [0.4, 0.5) is 0 Å². The number of aryl methyl sites for hydroxylation is 1. The highest BCUT2D eigenvalue weighted by atomic mass is 79.9. The third kappa shape index (κ3) is 2.64. The summed E-state index contributed by atoms with van der Waals surface area (Å²) in [6, 6.07) is 4.20. The summed E-state index contributed by atoms with van der Waals surface area (Å²) in [6.45, 7) is 8.20. The maximum Gasteiger partial charge on any atom is 0.124 e. The Labute approximate surface area is 111 Å². The summed E-state index contributed by atoms with van der Waals surface area (Å²) in [5.41, 5.74) is 1.94. The molecule has 1 saturated heterocycles. The average molecular weight is 299 g/mol. The van der Waals surface area contributed by atoms with Crippen LogP contribution >= 0.6 is 15.9 Å². The maximum absolute atomic E-state index is 10.2. The van der Waals surface area contributed by atoms with E-state index in [4.69, 9.17) is 0 Å². The Balaban J connectivity index is 2.29. The van der Waals surface area contributed by atoms with Crippen LogP contribution in [0.25, 0.3) is 0 Å². The van der Waals surface area contributed by atoms with Crippen molar-refractivity contribution < 1.29 is 5.11 Å². The molecule has 1 aliphatic heterocycles. The van der Waals surface area contributed by atoms with Crippen molar-refractivity contribution in [2.75, 3.05) is 26.2 Å². The Morgan fingerprint density at radius 2 is 2.00 bits per heavy atom. The first-order valence-corrected chi connectivity index (χ1v) is 6.83. The van der Waals surface area contributed by atoms with Crippen molar-refractivity contribution >= 4 is 15.9 Å². The van der Waals surface area contributed by atoms with Gasteiger partial charge in [-0.15, -0.1) is 0 Å². The molecule has 1 fully saturated rings. The van der Waals surface area contributed by atoms with Crippen molar-refractivity contribution in [2.45, 2.75) is 19.9 Å². The van der Waals surface area contributed by atoms with E-state index in [-0.39, 0.29) is 6.04 Å². The lowest BCUT2D eigenvalue weighted by Crippen LogP contribution is -2.44. The van der Waals surface area contributed by atoms with E-state index in [1.807, 2.05) is 19.1 Å². The highest BCUT2D eigenvalue weighted by Crippen LogP contribution is 2.36. The van der Waals surface area contributed by atoms with Crippen LogP contribution in [0.15, 0.2) is 16.6 Å². The number of benzene rings is 1. The molecule has 1 aromatic carbocycles. The molecule has 0 saturated carbocycles. The van der Waals surface area contributed by atoms with Gasteiger partial charge in [0, 0.05) is 42.3 Å². The largest absolute Gasteiger partial charge is 0.507 e. The molecular weight excluding hydrogens is 280 g/mol. The first kappa shape index (κ1) is 12.9. The quantitative estimate of drug-likeness (QED) is 0.880. The van der Waals surface area contributed by atoms with Gasteiger partial charge in [-0.2, -0.15) is 0 Å². The zero-order chi connectivity index (χ0) is 12.4. The fourth-order valence-electron chi connectivity index (χ4n) is 2.34. The molecule has 0 bridgehead atoms. The Morgan fingerprint density at radius 1 is 1.35 bits per heavy atom. The van der Waals surface area contributed by atoms with Crippen molar-refractivity contribution in [3.63, 3.8) is 0 Å². The summed E-state index contributed by atoms with van der Waals surface area (Å²) >= 11 is 3.55. The average Bonchev–Trinajstić information content (AvgIpc) is 2.35. The van der Waals surface area contributed by atoms with Crippen LogP contribution in [-0.4, -0.2) is 36.2 Å². The number of nitrogens with one attached hydrogen (secondary N) is 1. The van der Waals surface area contributed by atoms with E-state index in [1.165, 1.54) is 0 Å². The molecule has 1 aromatic rings. The molecule has 2 N–H and O–H groups in total. The van der Waals surface area contributed by atoms with E-state index < -0.39 is 0 Å². The van der Waals surface area contributed by atoms with Gasteiger partial charge in [0.25, 0.3) is 0 Å². The Hall–Kier alpha value is -0.580. The molecule has 1 aliphatic rings. The minimum absolute atomic E-state index is 0.242. The second kappa shape index (κ2) is 5.38. The summed E-state index contributed by atoms with van der Waals surface area (Å²) in [7, 11) is 0. The first-order valence-electron chi connectivity index (χ1n) is 6.04. The number of nitrogens with zero attached hydrogens (tertiary/aromatic N) is 1. The van der Waals surface area contributed by atoms with E-state index in [1.54, 1.807) is 0 Å². The number of hydrogen-bond donors (Lipinski definition) is 2. The van der Waals surface area contributed by atoms with Crippen LogP contribution < -0.4 is 5.32 Å². The van der Waals surface area contributed by atoms with Gasteiger partial charge in [0.05, 0.1) is 0 Å². The molecule has 0 radical (unpaired) electrons. The summed E-state index contributed by atoms with van der Waals surface area (Å²) in [6.07, 6.45) is 0. The minimum atomic E-state index is 0.242. The van der Waals surface area contributed by atoms with Gasteiger partial charge in [-0.25, -0.2) is 0 Å². The monoisotopic (exact) mass is 298 g/mol. The molecule has 94 valence electrons. The molecule has 0 amide bonds. The minimum Gasteiger partial charge on any atom is -0.507 e. The van der Waals surface area contributed by atoms with Gasteiger partial charge >= 0.3 is 0 Å². The number of rotatable bonds is 2. The Morgan fingerprint density at radius 3 is 2.65 bits per heavy atom. The van der Waals surface area contributed by atoms with Crippen molar-refractivity contribution in [3.05, 3.63) is 27.7 Å². The SMILES string of the molecule is Cc1ccc(Br)c([C@@H](C)N2CCNCC2)c1O. The van der Waals surface area contributed by atoms with Gasteiger partial charge < -0.3 is 10.4 Å². The smallest absolute Gasteiger partial charge is 0.124 e. The van der Waals surface area contributed by atoms with Crippen LogP contribution in [0.2, 0.25) is 0 Å². The van der Waals surface area contributed by atoms with Crippen LogP contribution in [-0.2, 0) is 0 Å². The molecule has 0 unspecified atom stereocenters. The second-order valence-electron chi connectivity index (χ2n) is 4.59. The second-order valence-corrected chi connectivity index (χ2v) is 5.44. The Kier molecular flexibility index (Phi) is 4.07. The van der Waals surface area contributed by atoms with Crippen molar-refractivity contribution in [2.24, 2.45) is 0 Å². The summed E-state index contributed by atoms with van der Waals surface area (Å²) < 4.78 is 0.992. The van der Waals surface area contributed by atoms with E-state index in [0.717, 1.165) is 41.8 Å². The van der Waals surface area contributed by atoms with Crippen molar-refractivity contribution in [1.29, 1.82) is 0 Å². The molecule has 0 spiro atoms. The molecule has 1 heterocycles. The number of aromatic hydroxyl groups is 1. The number of halogens is 1. The van der Waals surface area contributed by atoms with Crippen LogP contribution in [0.3, 0.4) is 0 Å². The molecule has 0 aromatic heterocycles. The van der Waals surface area contributed by atoms with Crippen LogP contribution in [0, 0.1) is 6.92 Å². The zero-order valence-corrected chi connectivity index (χ0v) is 11.9. The lowest BCUT2D eigenvalue weighted by Gasteiger charge is -2.34. The highest BCUT2D eigenvalue weighted by molar-refractivity contribution is 9.10. The third-order valence-electron chi connectivity index (χ3n) is 3.48. The summed E-state index contributed by atoms with van der Waals surface area (Å²) in [4.78, 5) is 2.40. The molecule has 0 aliphatic carbocycles. The van der Waals surface area contributed by atoms with Gasteiger partial charge in [0.1, 0.15) is 5.75 Å². The standard InChI is InChI=1S/C13H19BrN2O/c1-9-3-4-11(14)12(13(9)17)10(2)16-7-5-15-6-8-16/h3-4,10,15,17H,5-8H2,1-2H3/t10-/m1/s1. The zero-order valence-electron chi connectivity index (χ0n) is 10.3. The van der Waals surface area contributed by atoms with Gasteiger partial charge in [0.15, 0.2) is 0 Å².